The van der Waals surface area contributed by atoms with Gasteiger partial charge in [0, 0.05) is 16.3 Å². The first-order valence-electron chi connectivity index (χ1n) is 8.29. The minimum Gasteiger partial charge on any atom is -0.477 e. The van der Waals surface area contributed by atoms with Crippen LogP contribution < -0.4 is 0 Å². The molecule has 0 amide bonds. The van der Waals surface area contributed by atoms with Gasteiger partial charge in [0.2, 0.25) is 0 Å². The van der Waals surface area contributed by atoms with E-state index in [9.17, 15) is 9.90 Å². The van der Waals surface area contributed by atoms with E-state index < -0.39 is 5.97 Å². The van der Waals surface area contributed by atoms with Crippen LogP contribution in [0.15, 0.2) is 24.4 Å². The highest BCUT2D eigenvalue weighted by molar-refractivity contribution is 6.11. The van der Waals surface area contributed by atoms with Gasteiger partial charge in [-0.05, 0) is 48.9 Å². The number of pyridine rings is 1. The highest BCUT2D eigenvalue weighted by Gasteiger charge is 2.19. The monoisotopic (exact) mass is 308 g/mol. The predicted molar refractivity (Wildman–Crippen MR) is 91.1 cm³/mol. The number of aromatic nitrogens is 2. The molecule has 23 heavy (non-hydrogen) atoms. The van der Waals surface area contributed by atoms with Crippen molar-refractivity contribution in [2.24, 2.45) is 0 Å². The van der Waals surface area contributed by atoms with Gasteiger partial charge in [0.1, 0.15) is 0 Å². The molecule has 4 heteroatoms. The van der Waals surface area contributed by atoms with E-state index in [4.69, 9.17) is 0 Å². The van der Waals surface area contributed by atoms with E-state index in [1.165, 1.54) is 37.7 Å². The van der Waals surface area contributed by atoms with Gasteiger partial charge in [0.05, 0.1) is 11.7 Å². The van der Waals surface area contributed by atoms with Crippen LogP contribution in [-0.2, 0) is 0 Å². The zero-order valence-corrected chi connectivity index (χ0v) is 13.2. The molecule has 1 aromatic carbocycles. The molecular formula is C19H20N2O2. The molecule has 0 saturated heterocycles. The number of carboxylic acid groups (broad SMARTS) is 1. The standard InChI is InChI=1S/C19H20N2O2/c1-11-17-14-9-13(12-5-3-2-4-6-12)7-8-15(14)21-16(17)10-20-18(11)19(22)23/h7-10,12,21H,2-6H2,1H3,(H,22,23). The van der Waals surface area contributed by atoms with Gasteiger partial charge in [0.25, 0.3) is 0 Å². The maximum atomic E-state index is 11.4. The van der Waals surface area contributed by atoms with E-state index in [0.717, 1.165) is 27.4 Å². The second-order valence-electron chi connectivity index (χ2n) is 6.59. The lowest BCUT2D eigenvalue weighted by Crippen LogP contribution is -2.04. The van der Waals surface area contributed by atoms with Crippen LogP contribution in [0.25, 0.3) is 21.8 Å². The molecule has 0 radical (unpaired) electrons. The number of hydrogen-bond acceptors (Lipinski definition) is 2. The number of rotatable bonds is 2. The number of hydrogen-bond donors (Lipinski definition) is 2. The number of carboxylic acids is 1. The first-order valence-corrected chi connectivity index (χ1v) is 8.29. The normalized spacial score (nSPS) is 16.2. The van der Waals surface area contributed by atoms with Crippen molar-refractivity contribution in [2.75, 3.05) is 0 Å². The number of carbonyl (C=O) groups is 1. The quantitative estimate of drug-likeness (QED) is 0.716. The Morgan fingerprint density at radius 3 is 2.74 bits per heavy atom. The summed E-state index contributed by atoms with van der Waals surface area (Å²) in [4.78, 5) is 18.8. The zero-order valence-electron chi connectivity index (χ0n) is 13.2. The van der Waals surface area contributed by atoms with E-state index in [1.807, 2.05) is 6.92 Å². The Balaban J connectivity index is 1.93. The summed E-state index contributed by atoms with van der Waals surface area (Å²) in [5, 5.41) is 11.4. The van der Waals surface area contributed by atoms with E-state index in [-0.39, 0.29) is 5.69 Å². The van der Waals surface area contributed by atoms with E-state index in [0.29, 0.717) is 5.92 Å². The number of aromatic amines is 1. The Morgan fingerprint density at radius 2 is 2.00 bits per heavy atom. The van der Waals surface area contributed by atoms with Gasteiger partial charge >= 0.3 is 5.97 Å². The largest absolute Gasteiger partial charge is 0.477 e. The van der Waals surface area contributed by atoms with Gasteiger partial charge in [0.15, 0.2) is 5.69 Å². The van der Waals surface area contributed by atoms with Crippen molar-refractivity contribution in [1.29, 1.82) is 0 Å². The van der Waals surface area contributed by atoms with Crippen LogP contribution in [-0.4, -0.2) is 21.0 Å². The minimum atomic E-state index is -0.970. The number of aromatic carboxylic acids is 1. The smallest absolute Gasteiger partial charge is 0.354 e. The Morgan fingerprint density at radius 1 is 1.22 bits per heavy atom. The third-order valence-corrected chi connectivity index (χ3v) is 5.18. The van der Waals surface area contributed by atoms with Crippen LogP contribution in [0, 0.1) is 6.92 Å². The minimum absolute atomic E-state index is 0.140. The number of nitrogens with zero attached hydrogens (tertiary/aromatic N) is 1. The van der Waals surface area contributed by atoms with Gasteiger partial charge in [-0.2, -0.15) is 0 Å². The third-order valence-electron chi connectivity index (χ3n) is 5.18. The van der Waals surface area contributed by atoms with Crippen molar-refractivity contribution in [3.05, 3.63) is 41.2 Å². The Bertz CT molecular complexity index is 905. The molecule has 2 aromatic heterocycles. The second kappa shape index (κ2) is 5.37. The third kappa shape index (κ3) is 2.29. The first-order chi connectivity index (χ1) is 11.1. The Labute approximate surface area is 134 Å². The summed E-state index contributed by atoms with van der Waals surface area (Å²) >= 11 is 0. The number of H-pyrrole nitrogens is 1. The topological polar surface area (TPSA) is 66.0 Å². The van der Waals surface area contributed by atoms with Crippen molar-refractivity contribution in [1.82, 2.24) is 9.97 Å². The molecule has 4 nitrogen and oxygen atoms in total. The van der Waals surface area contributed by atoms with Gasteiger partial charge in [-0.3, -0.25) is 0 Å². The molecule has 0 spiro atoms. The first kappa shape index (κ1) is 14.2. The fraction of sp³-hybridized carbons (Fsp3) is 0.368. The average molecular weight is 308 g/mol. The van der Waals surface area contributed by atoms with Gasteiger partial charge in [-0.1, -0.05) is 25.3 Å². The molecule has 1 aliphatic carbocycles. The molecule has 0 unspecified atom stereocenters. The summed E-state index contributed by atoms with van der Waals surface area (Å²) in [7, 11) is 0. The predicted octanol–water partition coefficient (Wildman–Crippen LogP) is 4.77. The lowest BCUT2D eigenvalue weighted by atomic mass is 9.83. The molecule has 0 aliphatic heterocycles. The fourth-order valence-electron chi connectivity index (χ4n) is 3.98. The fourth-order valence-corrected chi connectivity index (χ4v) is 3.98. The van der Waals surface area contributed by atoms with Crippen molar-refractivity contribution in [3.63, 3.8) is 0 Å². The molecule has 2 heterocycles. The Hall–Kier alpha value is -2.36. The van der Waals surface area contributed by atoms with Crippen LogP contribution in [0.3, 0.4) is 0 Å². The molecule has 3 aromatic rings. The summed E-state index contributed by atoms with van der Waals surface area (Å²) < 4.78 is 0. The number of benzene rings is 1. The van der Waals surface area contributed by atoms with Gasteiger partial charge in [-0.25, -0.2) is 9.78 Å². The molecular weight excluding hydrogens is 288 g/mol. The lowest BCUT2D eigenvalue weighted by molar-refractivity contribution is 0.0690. The maximum absolute atomic E-state index is 11.4. The van der Waals surface area contributed by atoms with Crippen LogP contribution in [0.5, 0.6) is 0 Å². The molecule has 1 saturated carbocycles. The van der Waals surface area contributed by atoms with Crippen LogP contribution in [0.1, 0.15) is 59.6 Å². The molecule has 2 N–H and O–H groups in total. The maximum Gasteiger partial charge on any atom is 0.354 e. The lowest BCUT2D eigenvalue weighted by Gasteiger charge is -2.22. The molecule has 4 rings (SSSR count). The summed E-state index contributed by atoms with van der Waals surface area (Å²) in [6.07, 6.45) is 8.11. The van der Waals surface area contributed by atoms with E-state index in [2.05, 4.69) is 28.2 Å². The molecule has 0 bridgehead atoms. The summed E-state index contributed by atoms with van der Waals surface area (Å²) in [5.41, 5.74) is 4.21. The second-order valence-corrected chi connectivity index (χ2v) is 6.59. The summed E-state index contributed by atoms with van der Waals surface area (Å²) in [6, 6.07) is 6.59. The van der Waals surface area contributed by atoms with Crippen LogP contribution >= 0.6 is 0 Å². The SMILES string of the molecule is Cc1c(C(=O)O)ncc2[nH]c3ccc(C4CCCCC4)cc3c12. The van der Waals surface area contributed by atoms with Crippen molar-refractivity contribution >= 4 is 27.8 Å². The highest BCUT2D eigenvalue weighted by Crippen LogP contribution is 2.36. The zero-order chi connectivity index (χ0) is 16.0. The molecule has 1 aliphatic rings. The molecule has 0 atom stereocenters. The summed E-state index contributed by atoms with van der Waals surface area (Å²) in [6.45, 7) is 1.85. The Kier molecular flexibility index (Phi) is 3.33. The van der Waals surface area contributed by atoms with Gasteiger partial charge < -0.3 is 10.1 Å². The number of aryl methyl sites for hydroxylation is 1. The van der Waals surface area contributed by atoms with E-state index >= 15 is 0 Å². The molecule has 1 fully saturated rings. The van der Waals surface area contributed by atoms with E-state index in [1.54, 1.807) is 6.20 Å². The molecule has 118 valence electrons. The van der Waals surface area contributed by atoms with Crippen molar-refractivity contribution < 1.29 is 9.90 Å². The van der Waals surface area contributed by atoms with Crippen LogP contribution in [0.4, 0.5) is 0 Å². The number of fused-ring (bicyclic) bond motifs is 3. The van der Waals surface area contributed by atoms with Gasteiger partial charge in [-0.15, -0.1) is 0 Å². The van der Waals surface area contributed by atoms with Crippen molar-refractivity contribution in [2.45, 2.75) is 44.9 Å². The van der Waals surface area contributed by atoms with Crippen LogP contribution in [0.2, 0.25) is 0 Å². The highest BCUT2D eigenvalue weighted by atomic mass is 16.4. The summed E-state index contributed by atoms with van der Waals surface area (Å²) in [5.74, 6) is -0.332. The average Bonchev–Trinajstić information content (AvgIpc) is 2.94. The number of nitrogens with one attached hydrogen (secondary N) is 1. The van der Waals surface area contributed by atoms with Crippen molar-refractivity contribution in [3.8, 4) is 0 Å².